The van der Waals surface area contributed by atoms with Gasteiger partial charge in [-0.15, -0.1) is 0 Å². The number of amides is 2. The van der Waals surface area contributed by atoms with Crippen LogP contribution in [0.4, 0.5) is 4.79 Å². The highest BCUT2D eigenvalue weighted by Crippen LogP contribution is 2.32. The maximum absolute atomic E-state index is 12.5. The quantitative estimate of drug-likeness (QED) is 0.910. The summed E-state index contributed by atoms with van der Waals surface area (Å²) in [5.41, 5.74) is 2.06. The lowest BCUT2D eigenvalue weighted by molar-refractivity contribution is 0.182. The minimum atomic E-state index is -0.289. The molecule has 1 aliphatic heterocycles. The van der Waals surface area contributed by atoms with Gasteiger partial charge in [-0.25, -0.2) is 9.59 Å². The average Bonchev–Trinajstić information content (AvgIpc) is 3.18. The Hall–Kier alpha value is -2.64. The number of likely N-dealkylation sites (tertiary alicyclic amines) is 1. The van der Waals surface area contributed by atoms with E-state index in [2.05, 4.69) is 15.5 Å². The molecule has 0 radical (unpaired) electrons. The van der Waals surface area contributed by atoms with Crippen molar-refractivity contribution in [2.24, 2.45) is 0 Å². The zero-order chi connectivity index (χ0) is 18.0. The molecule has 1 aliphatic rings. The van der Waals surface area contributed by atoms with Crippen LogP contribution < -0.4 is 11.0 Å². The molecule has 134 valence electrons. The normalized spacial score (nSPS) is 17.1. The van der Waals surface area contributed by atoms with Crippen molar-refractivity contribution in [1.82, 2.24) is 24.9 Å². The molecule has 0 bridgehead atoms. The topological polar surface area (TPSA) is 93.3 Å². The number of carbonyl (C=O) groups is 1. The number of hydrogen-bond donors (Lipinski definition) is 1. The number of carbonyl (C=O) groups excluding carboxylic acids is 1. The molecule has 8 nitrogen and oxygen atoms in total. The van der Waals surface area contributed by atoms with Crippen LogP contribution in [0.2, 0.25) is 0 Å². The summed E-state index contributed by atoms with van der Waals surface area (Å²) in [4.78, 5) is 30.1. The highest BCUT2D eigenvalue weighted by molar-refractivity contribution is 5.75. The van der Waals surface area contributed by atoms with Crippen molar-refractivity contribution in [2.45, 2.75) is 46.2 Å². The average molecular weight is 345 g/mol. The molecular formula is C17H23N5O3. The zero-order valence-electron chi connectivity index (χ0n) is 14.8. The molecule has 0 unspecified atom stereocenters. The Morgan fingerprint density at radius 3 is 2.80 bits per heavy atom. The van der Waals surface area contributed by atoms with Crippen molar-refractivity contribution in [2.75, 3.05) is 13.1 Å². The van der Waals surface area contributed by atoms with E-state index in [1.807, 2.05) is 26.0 Å². The molecule has 25 heavy (non-hydrogen) atoms. The number of aryl methyl sites for hydroxylation is 3. The fraction of sp³-hybridized carbons (Fsp3) is 0.529. The minimum Gasteiger partial charge on any atom is -0.359 e. The van der Waals surface area contributed by atoms with Gasteiger partial charge < -0.3 is 14.7 Å². The summed E-state index contributed by atoms with van der Waals surface area (Å²) in [5, 5.41) is 6.79. The van der Waals surface area contributed by atoms with E-state index in [0.717, 1.165) is 30.0 Å². The lowest BCUT2D eigenvalue weighted by atomic mass is 10.1. The smallest absolute Gasteiger partial charge is 0.348 e. The van der Waals surface area contributed by atoms with E-state index in [0.29, 0.717) is 25.3 Å². The molecule has 0 aromatic carbocycles. The minimum absolute atomic E-state index is 0.0771. The van der Waals surface area contributed by atoms with Crippen LogP contribution in [-0.4, -0.2) is 38.7 Å². The first kappa shape index (κ1) is 17.2. The molecule has 2 amide bonds. The largest absolute Gasteiger partial charge is 0.359 e. The lowest BCUT2D eigenvalue weighted by Crippen LogP contribution is -2.41. The summed E-state index contributed by atoms with van der Waals surface area (Å²) in [7, 11) is 0. The van der Waals surface area contributed by atoms with Crippen LogP contribution in [0.1, 0.15) is 41.7 Å². The first-order chi connectivity index (χ1) is 12.0. The van der Waals surface area contributed by atoms with Gasteiger partial charge in [0.05, 0.1) is 11.7 Å². The summed E-state index contributed by atoms with van der Waals surface area (Å²) in [5.74, 6) is 0.722. The Bertz CT molecular complexity index is 826. The maximum atomic E-state index is 12.5. The molecule has 1 atom stereocenters. The van der Waals surface area contributed by atoms with E-state index in [4.69, 9.17) is 4.52 Å². The molecule has 0 spiro atoms. The van der Waals surface area contributed by atoms with Crippen molar-refractivity contribution < 1.29 is 9.32 Å². The van der Waals surface area contributed by atoms with Gasteiger partial charge in [-0.1, -0.05) is 5.16 Å². The van der Waals surface area contributed by atoms with Crippen molar-refractivity contribution in [3.63, 3.8) is 0 Å². The van der Waals surface area contributed by atoms with Crippen LogP contribution in [0.25, 0.3) is 0 Å². The Kier molecular flexibility index (Phi) is 4.87. The lowest BCUT2D eigenvalue weighted by Gasteiger charge is -2.23. The van der Waals surface area contributed by atoms with Crippen molar-refractivity contribution in [1.29, 1.82) is 0 Å². The van der Waals surface area contributed by atoms with Gasteiger partial charge in [0.2, 0.25) is 0 Å². The van der Waals surface area contributed by atoms with E-state index in [9.17, 15) is 9.59 Å². The number of urea groups is 1. The first-order valence-electron chi connectivity index (χ1n) is 8.48. The van der Waals surface area contributed by atoms with Gasteiger partial charge in [-0.2, -0.15) is 4.98 Å². The summed E-state index contributed by atoms with van der Waals surface area (Å²) in [6.45, 7) is 6.95. The van der Waals surface area contributed by atoms with Crippen LogP contribution >= 0.6 is 0 Å². The molecule has 0 aliphatic carbocycles. The summed E-state index contributed by atoms with van der Waals surface area (Å²) >= 11 is 0. The number of aromatic nitrogens is 3. The Morgan fingerprint density at radius 1 is 1.32 bits per heavy atom. The Labute approximate surface area is 145 Å². The molecule has 2 aromatic heterocycles. The van der Waals surface area contributed by atoms with Gasteiger partial charge in [0.25, 0.3) is 0 Å². The van der Waals surface area contributed by atoms with Gasteiger partial charge in [-0.05, 0) is 39.7 Å². The van der Waals surface area contributed by atoms with Gasteiger partial charge in [0.15, 0.2) is 5.76 Å². The standard InChI is InChI=1S/C17H23N5O3/c1-11-9-13(3)21(17(24)19-11)8-6-18-16(23)22-7-4-5-14(22)15-10-12(2)20-25-15/h9-10,14H,4-8H2,1-3H3,(H,18,23)/t14-/m0/s1. The van der Waals surface area contributed by atoms with Gasteiger partial charge in [-0.3, -0.25) is 4.57 Å². The van der Waals surface area contributed by atoms with Gasteiger partial charge >= 0.3 is 11.7 Å². The maximum Gasteiger partial charge on any atom is 0.348 e. The highest BCUT2D eigenvalue weighted by Gasteiger charge is 2.32. The second-order valence-electron chi connectivity index (χ2n) is 6.43. The highest BCUT2D eigenvalue weighted by atomic mass is 16.5. The predicted octanol–water partition coefficient (Wildman–Crippen LogP) is 1.70. The molecule has 1 N–H and O–H groups in total. The van der Waals surface area contributed by atoms with Gasteiger partial charge in [0, 0.05) is 37.1 Å². The third-order valence-corrected chi connectivity index (χ3v) is 4.45. The molecular weight excluding hydrogens is 322 g/mol. The van der Waals surface area contributed by atoms with E-state index >= 15 is 0 Å². The van der Waals surface area contributed by atoms with E-state index < -0.39 is 0 Å². The molecule has 3 rings (SSSR count). The van der Waals surface area contributed by atoms with Crippen molar-refractivity contribution in [3.05, 3.63) is 45.5 Å². The predicted molar refractivity (Wildman–Crippen MR) is 91.3 cm³/mol. The van der Waals surface area contributed by atoms with E-state index in [1.165, 1.54) is 0 Å². The molecule has 1 saturated heterocycles. The number of hydrogen-bond acceptors (Lipinski definition) is 5. The van der Waals surface area contributed by atoms with Crippen LogP contribution in [-0.2, 0) is 6.54 Å². The van der Waals surface area contributed by atoms with Crippen molar-refractivity contribution in [3.8, 4) is 0 Å². The number of nitrogens with zero attached hydrogens (tertiary/aromatic N) is 4. The summed E-state index contributed by atoms with van der Waals surface area (Å²) in [6, 6.07) is 3.50. The van der Waals surface area contributed by atoms with E-state index in [-0.39, 0.29) is 17.8 Å². The summed E-state index contributed by atoms with van der Waals surface area (Å²) < 4.78 is 6.88. The second kappa shape index (κ2) is 7.08. The van der Waals surface area contributed by atoms with Crippen LogP contribution in [0.5, 0.6) is 0 Å². The second-order valence-corrected chi connectivity index (χ2v) is 6.43. The fourth-order valence-corrected chi connectivity index (χ4v) is 3.27. The monoisotopic (exact) mass is 345 g/mol. The molecule has 2 aromatic rings. The van der Waals surface area contributed by atoms with Crippen LogP contribution in [0.15, 0.2) is 21.5 Å². The summed E-state index contributed by atoms with van der Waals surface area (Å²) in [6.07, 6.45) is 1.79. The number of rotatable bonds is 4. The SMILES string of the molecule is Cc1cc([C@@H]2CCCN2C(=O)NCCn2c(C)cc(C)nc2=O)on1. The molecule has 0 saturated carbocycles. The van der Waals surface area contributed by atoms with Gasteiger partial charge in [0.1, 0.15) is 0 Å². The zero-order valence-corrected chi connectivity index (χ0v) is 14.8. The van der Waals surface area contributed by atoms with E-state index in [1.54, 1.807) is 16.4 Å². The fourth-order valence-electron chi connectivity index (χ4n) is 3.27. The Morgan fingerprint density at radius 2 is 2.12 bits per heavy atom. The Balaban J connectivity index is 1.60. The number of nitrogens with one attached hydrogen (secondary N) is 1. The van der Waals surface area contributed by atoms with Crippen molar-refractivity contribution >= 4 is 6.03 Å². The molecule has 3 heterocycles. The third kappa shape index (κ3) is 3.72. The third-order valence-electron chi connectivity index (χ3n) is 4.45. The molecule has 8 heteroatoms. The molecule has 1 fully saturated rings. The first-order valence-corrected chi connectivity index (χ1v) is 8.48. The van der Waals surface area contributed by atoms with Crippen LogP contribution in [0.3, 0.4) is 0 Å². The van der Waals surface area contributed by atoms with Crippen LogP contribution in [0, 0.1) is 20.8 Å².